The molecule has 1 amide bonds. The predicted molar refractivity (Wildman–Crippen MR) is 116 cm³/mol. The van der Waals surface area contributed by atoms with E-state index in [0.717, 1.165) is 0 Å². The number of halogens is 1. The van der Waals surface area contributed by atoms with E-state index in [9.17, 15) is 9.18 Å². The number of ether oxygens (including phenoxy) is 2. The molecular formula is C22H28FN3O3S. The van der Waals surface area contributed by atoms with Crippen LogP contribution in [0.25, 0.3) is 0 Å². The fraction of sp³-hybridized carbons (Fsp3) is 0.500. The smallest absolute Gasteiger partial charge is 0.410 e. The fourth-order valence-electron chi connectivity index (χ4n) is 3.59. The van der Waals surface area contributed by atoms with Gasteiger partial charge in [0.2, 0.25) is 0 Å². The van der Waals surface area contributed by atoms with E-state index < -0.39 is 17.8 Å². The number of rotatable bonds is 3. The van der Waals surface area contributed by atoms with Crippen molar-refractivity contribution in [1.29, 1.82) is 0 Å². The summed E-state index contributed by atoms with van der Waals surface area (Å²) in [5, 5.41) is 0.183. The monoisotopic (exact) mass is 433 g/mol. The number of benzene rings is 1. The van der Waals surface area contributed by atoms with E-state index in [1.165, 1.54) is 12.4 Å². The highest BCUT2D eigenvalue weighted by Gasteiger charge is 2.42. The Hall–Kier alpha value is -2.48. The number of amides is 1. The second kappa shape index (κ2) is 8.71. The Bertz CT molecular complexity index is 911. The molecule has 8 heteroatoms. The summed E-state index contributed by atoms with van der Waals surface area (Å²) in [6, 6.07) is 4.62. The number of aryl methyl sites for hydroxylation is 1. The molecule has 0 aliphatic carbocycles. The van der Waals surface area contributed by atoms with E-state index in [0.29, 0.717) is 24.1 Å². The van der Waals surface area contributed by atoms with Gasteiger partial charge >= 0.3 is 6.09 Å². The zero-order valence-electron chi connectivity index (χ0n) is 18.0. The number of carbonyl (C=O) groups excluding carboxylic acids is 1. The van der Waals surface area contributed by atoms with Crippen molar-refractivity contribution in [2.45, 2.75) is 58.8 Å². The van der Waals surface area contributed by atoms with Crippen molar-refractivity contribution in [2.24, 2.45) is 5.92 Å². The maximum Gasteiger partial charge on any atom is 0.410 e. The minimum atomic E-state index is -0.646. The molecule has 162 valence electrons. The van der Waals surface area contributed by atoms with Crippen molar-refractivity contribution < 1.29 is 18.7 Å². The van der Waals surface area contributed by atoms with Crippen LogP contribution in [0.15, 0.2) is 36.9 Å². The van der Waals surface area contributed by atoms with Crippen molar-refractivity contribution in [3.63, 3.8) is 0 Å². The molecule has 3 atom stereocenters. The molecule has 0 spiro atoms. The Morgan fingerprint density at radius 2 is 2.10 bits per heavy atom. The van der Waals surface area contributed by atoms with Gasteiger partial charge in [-0.2, -0.15) is 0 Å². The van der Waals surface area contributed by atoms with Crippen molar-refractivity contribution in [3.05, 3.63) is 53.9 Å². The highest BCUT2D eigenvalue weighted by atomic mass is 32.1. The first-order chi connectivity index (χ1) is 14.0. The van der Waals surface area contributed by atoms with Gasteiger partial charge < -0.3 is 14.4 Å². The van der Waals surface area contributed by atoms with Crippen LogP contribution in [0.4, 0.5) is 9.18 Å². The summed E-state index contributed by atoms with van der Waals surface area (Å²) in [5.41, 5.74) is 0.540. The zero-order chi connectivity index (χ0) is 22.1. The molecule has 0 N–H and O–H groups in total. The van der Waals surface area contributed by atoms with Gasteiger partial charge in [-0.15, -0.1) is 0 Å². The van der Waals surface area contributed by atoms with Crippen LogP contribution >= 0.6 is 12.2 Å². The van der Waals surface area contributed by atoms with Gasteiger partial charge in [0.1, 0.15) is 23.8 Å². The molecular weight excluding hydrogens is 405 g/mol. The van der Waals surface area contributed by atoms with Crippen LogP contribution in [-0.4, -0.2) is 43.9 Å². The second-order valence-electron chi connectivity index (χ2n) is 8.82. The first kappa shape index (κ1) is 22.2. The summed E-state index contributed by atoms with van der Waals surface area (Å²) in [6.45, 7) is 9.80. The summed E-state index contributed by atoms with van der Waals surface area (Å²) in [4.78, 5) is 18.6. The first-order valence-electron chi connectivity index (χ1n) is 10.00. The second-order valence-corrected chi connectivity index (χ2v) is 9.17. The Morgan fingerprint density at radius 3 is 2.70 bits per heavy atom. The van der Waals surface area contributed by atoms with E-state index in [1.807, 2.05) is 26.8 Å². The number of imidazole rings is 1. The molecule has 1 aliphatic rings. The molecule has 1 saturated heterocycles. The van der Waals surface area contributed by atoms with Crippen LogP contribution < -0.4 is 0 Å². The summed E-state index contributed by atoms with van der Waals surface area (Å²) in [7, 11) is 0. The molecule has 1 unspecified atom stereocenters. The Kier molecular flexibility index (Phi) is 6.45. The third-order valence-electron chi connectivity index (χ3n) is 5.00. The normalized spacial score (nSPS) is 20.1. The minimum Gasteiger partial charge on any atom is -0.460 e. The SMILES string of the molecule is Cc1ccc(C(OC(=S)n2ccnc2)[C@@H]2C[C@H](C)CN2C(=O)OC(C)(C)C)cc1F. The maximum absolute atomic E-state index is 14.4. The van der Waals surface area contributed by atoms with Gasteiger partial charge in [0.25, 0.3) is 5.17 Å². The van der Waals surface area contributed by atoms with Crippen LogP contribution in [0.2, 0.25) is 0 Å². The van der Waals surface area contributed by atoms with Crippen LogP contribution in [0.5, 0.6) is 0 Å². The molecule has 30 heavy (non-hydrogen) atoms. The molecule has 2 heterocycles. The lowest BCUT2D eigenvalue weighted by molar-refractivity contribution is 0.00691. The number of hydrogen-bond acceptors (Lipinski definition) is 5. The van der Waals surface area contributed by atoms with E-state index in [-0.39, 0.29) is 23.0 Å². The number of aromatic nitrogens is 2. The third-order valence-corrected chi connectivity index (χ3v) is 5.30. The van der Waals surface area contributed by atoms with E-state index in [1.54, 1.807) is 34.9 Å². The average Bonchev–Trinajstić information content (AvgIpc) is 3.30. The van der Waals surface area contributed by atoms with E-state index in [4.69, 9.17) is 21.7 Å². The van der Waals surface area contributed by atoms with Crippen LogP contribution in [0, 0.1) is 18.7 Å². The quantitative estimate of drug-likeness (QED) is 0.647. The van der Waals surface area contributed by atoms with Crippen LogP contribution in [0.1, 0.15) is 51.3 Å². The number of nitrogens with zero attached hydrogens (tertiary/aromatic N) is 3. The first-order valence-corrected chi connectivity index (χ1v) is 10.4. The molecule has 0 saturated carbocycles. The lowest BCUT2D eigenvalue weighted by Crippen LogP contribution is -2.43. The van der Waals surface area contributed by atoms with Gasteiger partial charge in [0, 0.05) is 18.9 Å². The highest BCUT2D eigenvalue weighted by molar-refractivity contribution is 7.80. The fourth-order valence-corrected chi connectivity index (χ4v) is 3.81. The molecule has 6 nitrogen and oxygen atoms in total. The lowest BCUT2D eigenvalue weighted by Gasteiger charge is -2.33. The molecule has 0 radical (unpaired) electrons. The molecule has 0 bridgehead atoms. The van der Waals surface area contributed by atoms with Crippen LogP contribution in [0.3, 0.4) is 0 Å². The minimum absolute atomic E-state index is 0.183. The van der Waals surface area contributed by atoms with E-state index >= 15 is 0 Å². The third kappa shape index (κ3) is 5.16. The predicted octanol–water partition coefficient (Wildman–Crippen LogP) is 4.87. The summed E-state index contributed by atoms with van der Waals surface area (Å²) >= 11 is 5.44. The van der Waals surface area contributed by atoms with Gasteiger partial charge in [-0.05, 0) is 69.4 Å². The maximum atomic E-state index is 14.4. The summed E-state index contributed by atoms with van der Waals surface area (Å²) in [5.74, 6) is -0.0877. The van der Waals surface area contributed by atoms with Gasteiger partial charge in [0.15, 0.2) is 0 Å². The van der Waals surface area contributed by atoms with Crippen molar-refractivity contribution in [1.82, 2.24) is 14.5 Å². The summed E-state index contributed by atoms with van der Waals surface area (Å²) in [6.07, 6.45) is 4.45. The topological polar surface area (TPSA) is 56.6 Å². The van der Waals surface area contributed by atoms with Gasteiger partial charge in [-0.3, -0.25) is 4.57 Å². The Morgan fingerprint density at radius 1 is 1.37 bits per heavy atom. The van der Waals surface area contributed by atoms with Gasteiger partial charge in [0.05, 0.1) is 6.04 Å². The van der Waals surface area contributed by atoms with Crippen LogP contribution in [-0.2, 0) is 9.47 Å². The van der Waals surface area contributed by atoms with Crippen molar-refractivity contribution in [2.75, 3.05) is 6.54 Å². The molecule has 3 rings (SSSR count). The van der Waals surface area contributed by atoms with Gasteiger partial charge in [-0.25, -0.2) is 14.2 Å². The number of carbonyl (C=O) groups is 1. The molecule has 1 aliphatic heterocycles. The standard InChI is InChI=1S/C22H28FN3O3S/c1-14-10-18(26(12-14)20(27)29-22(3,4)5)19(16-7-6-15(2)17(23)11-16)28-21(30)25-9-8-24-13-25/h6-9,11,13-14,18-19H,10,12H2,1-5H3/t14-,18-,19?/m0/s1. The van der Waals surface area contributed by atoms with Crippen molar-refractivity contribution >= 4 is 23.5 Å². The Balaban J connectivity index is 1.95. The molecule has 1 fully saturated rings. The van der Waals surface area contributed by atoms with Gasteiger partial charge in [-0.1, -0.05) is 19.1 Å². The van der Waals surface area contributed by atoms with Crippen molar-refractivity contribution in [3.8, 4) is 0 Å². The zero-order valence-corrected chi connectivity index (χ0v) is 18.8. The van der Waals surface area contributed by atoms with E-state index in [2.05, 4.69) is 11.9 Å². The average molecular weight is 434 g/mol. The molecule has 1 aromatic carbocycles. The molecule has 2 aromatic rings. The summed E-state index contributed by atoms with van der Waals surface area (Å²) < 4.78 is 27.7. The largest absolute Gasteiger partial charge is 0.460 e. The molecule has 1 aromatic heterocycles. The number of thiocarbonyl (C=S) groups is 1. The Labute approximate surface area is 182 Å². The highest BCUT2D eigenvalue weighted by Crippen LogP contribution is 2.36. The number of hydrogen-bond donors (Lipinski definition) is 0. The number of likely N-dealkylation sites (tertiary alicyclic amines) is 1. The lowest BCUT2D eigenvalue weighted by atomic mass is 9.96.